The largest absolute Gasteiger partial charge is 0.435 e. The van der Waals surface area contributed by atoms with Gasteiger partial charge in [0.05, 0.1) is 6.20 Å². The summed E-state index contributed by atoms with van der Waals surface area (Å²) in [6.45, 7) is 6.07. The molecule has 0 amide bonds. The average molecular weight is 259 g/mol. The molecule has 2 aromatic heterocycles. The van der Waals surface area contributed by atoms with Crippen LogP contribution in [0.3, 0.4) is 0 Å². The molecule has 0 saturated carbocycles. The summed E-state index contributed by atoms with van der Waals surface area (Å²) in [5, 5.41) is 3.20. The highest BCUT2D eigenvalue weighted by Gasteiger charge is 2.16. The third-order valence-corrected chi connectivity index (χ3v) is 2.19. The highest BCUT2D eigenvalue weighted by atomic mass is 16.5. The number of rotatable bonds is 3. The molecule has 0 bridgehead atoms. The van der Waals surface area contributed by atoms with Crippen molar-refractivity contribution < 1.29 is 4.74 Å². The van der Waals surface area contributed by atoms with Gasteiger partial charge in [-0.2, -0.15) is 4.98 Å². The summed E-state index contributed by atoms with van der Waals surface area (Å²) < 4.78 is 5.59. The predicted octanol–water partition coefficient (Wildman–Crippen LogP) is 2.46. The van der Waals surface area contributed by atoms with E-state index in [1.165, 1.54) is 6.33 Å². The van der Waals surface area contributed by atoms with Crippen LogP contribution in [0, 0.1) is 0 Å². The van der Waals surface area contributed by atoms with Gasteiger partial charge in [0, 0.05) is 11.7 Å². The Morgan fingerprint density at radius 2 is 2.05 bits per heavy atom. The Kier molecular flexibility index (Phi) is 3.50. The molecule has 0 fully saturated rings. The zero-order chi connectivity index (χ0) is 13.9. The van der Waals surface area contributed by atoms with Crippen molar-refractivity contribution in [1.82, 2.24) is 15.0 Å². The molecule has 2 heterocycles. The normalized spacial score (nSPS) is 11.1. The Morgan fingerprint density at radius 1 is 1.26 bits per heavy atom. The highest BCUT2D eigenvalue weighted by molar-refractivity contribution is 5.67. The fourth-order valence-electron chi connectivity index (χ4n) is 1.43. The van der Waals surface area contributed by atoms with Crippen molar-refractivity contribution in [2.24, 2.45) is 0 Å². The van der Waals surface area contributed by atoms with Gasteiger partial charge in [-0.25, -0.2) is 4.98 Å². The number of pyridine rings is 1. The van der Waals surface area contributed by atoms with Gasteiger partial charge in [0.2, 0.25) is 5.88 Å². The van der Waals surface area contributed by atoms with Crippen LogP contribution in [0.25, 0.3) is 0 Å². The Labute approximate surface area is 112 Å². The van der Waals surface area contributed by atoms with E-state index in [0.29, 0.717) is 23.1 Å². The zero-order valence-electron chi connectivity index (χ0n) is 11.2. The number of ether oxygens (including phenoxy) is 1. The van der Waals surface area contributed by atoms with E-state index in [9.17, 15) is 0 Å². The van der Waals surface area contributed by atoms with Crippen molar-refractivity contribution in [2.75, 3.05) is 11.1 Å². The van der Waals surface area contributed by atoms with Gasteiger partial charge in [-0.15, -0.1) is 0 Å². The molecule has 0 spiro atoms. The van der Waals surface area contributed by atoms with Gasteiger partial charge in [-0.1, -0.05) is 0 Å². The number of hydrogen-bond acceptors (Lipinski definition) is 6. The summed E-state index contributed by atoms with van der Waals surface area (Å²) in [7, 11) is 0. The molecule has 0 aliphatic rings. The maximum Gasteiger partial charge on any atom is 0.248 e. The Hall–Kier alpha value is -2.37. The molecule has 6 nitrogen and oxygen atoms in total. The van der Waals surface area contributed by atoms with Gasteiger partial charge >= 0.3 is 0 Å². The van der Waals surface area contributed by atoms with Crippen LogP contribution in [0.4, 0.5) is 11.5 Å². The summed E-state index contributed by atoms with van der Waals surface area (Å²) >= 11 is 0. The standard InChI is InChI=1S/C13H17N5O/c1-13(2,3)18-11-10(14)12(17-8-16-11)19-9-5-4-6-15-7-9/h4-8H,14H2,1-3H3,(H,16,17,18). The molecule has 0 saturated heterocycles. The number of nitrogens with two attached hydrogens (primary N) is 1. The zero-order valence-corrected chi connectivity index (χ0v) is 11.2. The summed E-state index contributed by atoms with van der Waals surface area (Å²) in [5.41, 5.74) is 6.24. The van der Waals surface area contributed by atoms with Crippen LogP contribution in [0.15, 0.2) is 30.9 Å². The second kappa shape index (κ2) is 5.09. The first-order valence-electron chi connectivity index (χ1n) is 5.92. The molecule has 0 radical (unpaired) electrons. The second-order valence-corrected chi connectivity index (χ2v) is 5.11. The van der Waals surface area contributed by atoms with Crippen LogP contribution in [0.5, 0.6) is 11.6 Å². The van der Waals surface area contributed by atoms with E-state index < -0.39 is 0 Å². The lowest BCUT2D eigenvalue weighted by molar-refractivity contribution is 0.462. The van der Waals surface area contributed by atoms with Gasteiger partial charge in [-0.05, 0) is 32.9 Å². The van der Waals surface area contributed by atoms with Crippen LogP contribution >= 0.6 is 0 Å². The molecule has 2 aromatic rings. The monoisotopic (exact) mass is 259 g/mol. The molecule has 0 aromatic carbocycles. The van der Waals surface area contributed by atoms with Crippen molar-refractivity contribution in [3.8, 4) is 11.6 Å². The minimum atomic E-state index is -0.145. The van der Waals surface area contributed by atoms with E-state index in [0.717, 1.165) is 0 Å². The first kappa shape index (κ1) is 13.1. The smallest absolute Gasteiger partial charge is 0.248 e. The molecule has 0 aliphatic heterocycles. The first-order chi connectivity index (χ1) is 8.96. The van der Waals surface area contributed by atoms with E-state index >= 15 is 0 Å². The highest BCUT2D eigenvalue weighted by Crippen LogP contribution is 2.29. The molecule has 0 aliphatic carbocycles. The molecule has 0 unspecified atom stereocenters. The number of hydrogen-bond donors (Lipinski definition) is 2. The lowest BCUT2D eigenvalue weighted by atomic mass is 10.1. The maximum atomic E-state index is 6.01. The minimum absolute atomic E-state index is 0.145. The lowest BCUT2D eigenvalue weighted by Gasteiger charge is -2.22. The first-order valence-corrected chi connectivity index (χ1v) is 5.92. The molecule has 0 atom stereocenters. The van der Waals surface area contributed by atoms with Crippen molar-refractivity contribution in [3.63, 3.8) is 0 Å². The SMILES string of the molecule is CC(C)(C)Nc1ncnc(Oc2cccnc2)c1N. The minimum Gasteiger partial charge on any atom is -0.435 e. The van der Waals surface area contributed by atoms with Crippen molar-refractivity contribution >= 4 is 11.5 Å². The lowest BCUT2D eigenvalue weighted by Crippen LogP contribution is -2.27. The molecule has 19 heavy (non-hydrogen) atoms. The van der Waals surface area contributed by atoms with E-state index in [1.807, 2.05) is 20.8 Å². The Bertz CT molecular complexity index is 551. The molecule has 2 rings (SSSR count). The number of nitrogens with one attached hydrogen (secondary N) is 1. The van der Waals surface area contributed by atoms with Crippen molar-refractivity contribution in [3.05, 3.63) is 30.9 Å². The van der Waals surface area contributed by atoms with Crippen LogP contribution < -0.4 is 15.8 Å². The van der Waals surface area contributed by atoms with Crippen LogP contribution in [0.1, 0.15) is 20.8 Å². The van der Waals surface area contributed by atoms with Gasteiger partial charge < -0.3 is 15.8 Å². The maximum absolute atomic E-state index is 6.01. The molecular weight excluding hydrogens is 242 g/mol. The van der Waals surface area contributed by atoms with E-state index in [1.54, 1.807) is 24.5 Å². The summed E-state index contributed by atoms with van der Waals surface area (Å²) in [4.78, 5) is 12.1. The Balaban J connectivity index is 2.25. The fourth-order valence-corrected chi connectivity index (χ4v) is 1.43. The number of anilines is 2. The van der Waals surface area contributed by atoms with Crippen molar-refractivity contribution in [2.45, 2.75) is 26.3 Å². The summed E-state index contributed by atoms with van der Waals surface area (Å²) in [6, 6.07) is 3.56. The third-order valence-electron chi connectivity index (χ3n) is 2.19. The van der Waals surface area contributed by atoms with Crippen LogP contribution in [-0.2, 0) is 0 Å². The Morgan fingerprint density at radius 3 is 2.68 bits per heavy atom. The fraction of sp³-hybridized carbons (Fsp3) is 0.308. The molecule has 100 valence electrons. The number of nitrogen functional groups attached to an aromatic ring is 1. The van der Waals surface area contributed by atoms with Crippen molar-refractivity contribution in [1.29, 1.82) is 0 Å². The second-order valence-electron chi connectivity index (χ2n) is 5.11. The number of nitrogens with zero attached hydrogens (tertiary/aromatic N) is 3. The summed E-state index contributed by atoms with van der Waals surface area (Å²) in [5.74, 6) is 1.45. The summed E-state index contributed by atoms with van der Waals surface area (Å²) in [6.07, 6.45) is 4.68. The van der Waals surface area contributed by atoms with Crippen LogP contribution in [0.2, 0.25) is 0 Å². The van der Waals surface area contributed by atoms with Gasteiger partial charge in [0.1, 0.15) is 17.8 Å². The molecule has 6 heteroatoms. The van der Waals surface area contributed by atoms with Crippen LogP contribution in [-0.4, -0.2) is 20.5 Å². The quantitative estimate of drug-likeness (QED) is 0.880. The average Bonchev–Trinajstić information content (AvgIpc) is 2.34. The van der Waals surface area contributed by atoms with E-state index in [-0.39, 0.29) is 5.54 Å². The van der Waals surface area contributed by atoms with E-state index in [2.05, 4.69) is 20.3 Å². The predicted molar refractivity (Wildman–Crippen MR) is 74.1 cm³/mol. The van der Waals surface area contributed by atoms with Gasteiger partial charge in [-0.3, -0.25) is 4.98 Å². The molecular formula is C13H17N5O. The van der Waals surface area contributed by atoms with Gasteiger partial charge in [0.15, 0.2) is 5.82 Å². The topological polar surface area (TPSA) is 86.0 Å². The number of aromatic nitrogens is 3. The van der Waals surface area contributed by atoms with Gasteiger partial charge in [0.25, 0.3) is 0 Å². The molecule has 3 N–H and O–H groups in total. The van der Waals surface area contributed by atoms with E-state index in [4.69, 9.17) is 10.5 Å². The third kappa shape index (κ3) is 3.54.